The van der Waals surface area contributed by atoms with Crippen molar-refractivity contribution in [3.8, 4) is 0 Å². The van der Waals surface area contributed by atoms with Crippen molar-refractivity contribution in [3.05, 3.63) is 22.6 Å². The van der Waals surface area contributed by atoms with Gasteiger partial charge in [-0.3, -0.25) is 4.90 Å². The molecule has 1 aromatic heterocycles. The molecule has 106 valence electrons. The molecule has 0 radical (unpaired) electrons. The molecule has 3 rings (SSSR count). The van der Waals surface area contributed by atoms with E-state index < -0.39 is 0 Å². The lowest BCUT2D eigenvalue weighted by Crippen LogP contribution is -2.37. The van der Waals surface area contributed by atoms with Gasteiger partial charge in [0.1, 0.15) is 5.76 Å². The smallest absolute Gasteiger partial charge is 0.135 e. The summed E-state index contributed by atoms with van der Waals surface area (Å²) in [5, 5.41) is 3.37. The van der Waals surface area contributed by atoms with E-state index in [1.54, 1.807) is 0 Å². The average Bonchev–Trinajstić information content (AvgIpc) is 3.17. The van der Waals surface area contributed by atoms with E-state index in [4.69, 9.17) is 4.42 Å². The molecule has 2 aliphatic rings. The summed E-state index contributed by atoms with van der Waals surface area (Å²) in [5.41, 5.74) is 0. The van der Waals surface area contributed by atoms with Crippen LogP contribution in [0.25, 0.3) is 0 Å². The number of rotatable bonds is 4. The first-order valence-corrected chi connectivity index (χ1v) is 8.23. The number of nitrogens with zero attached hydrogens (tertiary/aromatic N) is 1. The van der Waals surface area contributed by atoms with Gasteiger partial charge in [0.15, 0.2) is 0 Å². The van der Waals surface area contributed by atoms with Crippen LogP contribution in [0, 0.1) is 5.92 Å². The van der Waals surface area contributed by atoms with Crippen LogP contribution < -0.4 is 5.32 Å². The Labute approximate surface area is 123 Å². The lowest BCUT2D eigenvalue weighted by Gasteiger charge is -2.34. The van der Waals surface area contributed by atoms with Crippen LogP contribution in [0.1, 0.15) is 43.9 Å². The Hall–Kier alpha value is -0.320. The zero-order valence-electron chi connectivity index (χ0n) is 11.6. The molecule has 19 heavy (non-hydrogen) atoms. The molecule has 2 atom stereocenters. The summed E-state index contributed by atoms with van der Waals surface area (Å²) in [6.45, 7) is 2.30. The monoisotopic (exact) mass is 326 g/mol. The third-order valence-corrected chi connectivity index (χ3v) is 5.10. The highest BCUT2D eigenvalue weighted by Crippen LogP contribution is 2.43. The Kier molecular flexibility index (Phi) is 4.30. The summed E-state index contributed by atoms with van der Waals surface area (Å²) in [5.74, 6) is 1.78. The Morgan fingerprint density at radius 1 is 1.37 bits per heavy atom. The first-order chi connectivity index (χ1) is 9.31. The van der Waals surface area contributed by atoms with Gasteiger partial charge in [-0.25, -0.2) is 0 Å². The molecule has 4 heteroatoms. The highest BCUT2D eigenvalue weighted by Gasteiger charge is 2.41. The molecule has 0 aromatic carbocycles. The second-order valence-corrected chi connectivity index (χ2v) is 6.71. The van der Waals surface area contributed by atoms with E-state index >= 15 is 0 Å². The Balaban J connectivity index is 1.91. The van der Waals surface area contributed by atoms with E-state index in [1.807, 2.05) is 12.3 Å². The molecule has 3 nitrogen and oxygen atoms in total. The molecule has 0 amide bonds. The standard InChI is InChI=1S/C15H23BrN2O/c1-17-10-11-4-2-3-8-18(12-5-6-12)14(11)15-13(16)7-9-19-15/h7,9,11-12,14,17H,2-6,8,10H2,1H3. The summed E-state index contributed by atoms with van der Waals surface area (Å²) in [6, 6.07) is 3.26. The van der Waals surface area contributed by atoms with E-state index in [0.717, 1.165) is 22.8 Å². The van der Waals surface area contributed by atoms with Crippen molar-refractivity contribution in [1.82, 2.24) is 10.2 Å². The molecule has 1 aliphatic heterocycles. The summed E-state index contributed by atoms with van der Waals surface area (Å²) in [4.78, 5) is 2.71. The number of furan rings is 1. The SMILES string of the molecule is CNCC1CCCCN(C2CC2)C1c1occc1Br. The number of hydrogen-bond donors (Lipinski definition) is 1. The van der Waals surface area contributed by atoms with Gasteiger partial charge in [0.05, 0.1) is 16.8 Å². The normalized spacial score (nSPS) is 29.4. The predicted octanol–water partition coefficient (Wildman–Crippen LogP) is 3.57. The molecule has 2 heterocycles. The second kappa shape index (κ2) is 5.98. The van der Waals surface area contributed by atoms with Gasteiger partial charge in [-0.1, -0.05) is 6.42 Å². The molecule has 0 bridgehead atoms. The summed E-state index contributed by atoms with van der Waals surface area (Å²) >= 11 is 3.66. The number of likely N-dealkylation sites (tertiary alicyclic amines) is 1. The van der Waals surface area contributed by atoms with Crippen molar-refractivity contribution < 1.29 is 4.42 Å². The second-order valence-electron chi connectivity index (χ2n) is 5.86. The first kappa shape index (κ1) is 13.7. The van der Waals surface area contributed by atoms with Crippen LogP contribution in [0.15, 0.2) is 21.2 Å². The summed E-state index contributed by atoms with van der Waals surface area (Å²) in [7, 11) is 2.06. The highest BCUT2D eigenvalue weighted by molar-refractivity contribution is 9.10. The van der Waals surface area contributed by atoms with Crippen LogP contribution in [-0.4, -0.2) is 31.1 Å². The van der Waals surface area contributed by atoms with Gasteiger partial charge < -0.3 is 9.73 Å². The Morgan fingerprint density at radius 2 is 2.21 bits per heavy atom. The van der Waals surface area contributed by atoms with Crippen molar-refractivity contribution in [2.24, 2.45) is 5.92 Å². The fourth-order valence-electron chi connectivity index (χ4n) is 3.44. The summed E-state index contributed by atoms with van der Waals surface area (Å²) < 4.78 is 6.96. The van der Waals surface area contributed by atoms with Crippen LogP contribution in [-0.2, 0) is 0 Å². The Bertz CT molecular complexity index is 416. The molecule has 0 spiro atoms. The summed E-state index contributed by atoms with van der Waals surface area (Å²) in [6.07, 6.45) is 8.49. The molecule has 2 unspecified atom stereocenters. The third-order valence-electron chi connectivity index (χ3n) is 4.44. The van der Waals surface area contributed by atoms with Gasteiger partial charge in [0, 0.05) is 6.04 Å². The highest BCUT2D eigenvalue weighted by atomic mass is 79.9. The first-order valence-electron chi connectivity index (χ1n) is 7.44. The van der Waals surface area contributed by atoms with E-state index in [2.05, 4.69) is 33.2 Å². The molecular formula is C15H23BrN2O. The maximum atomic E-state index is 5.83. The molecular weight excluding hydrogens is 304 g/mol. The van der Waals surface area contributed by atoms with Crippen LogP contribution >= 0.6 is 15.9 Å². The largest absolute Gasteiger partial charge is 0.466 e. The van der Waals surface area contributed by atoms with Crippen molar-refractivity contribution in [2.45, 2.75) is 44.2 Å². The van der Waals surface area contributed by atoms with E-state index in [9.17, 15) is 0 Å². The van der Waals surface area contributed by atoms with Crippen LogP contribution in [0.5, 0.6) is 0 Å². The molecule has 1 N–H and O–H groups in total. The van der Waals surface area contributed by atoms with Crippen LogP contribution in [0.2, 0.25) is 0 Å². The topological polar surface area (TPSA) is 28.4 Å². The van der Waals surface area contributed by atoms with Crippen molar-refractivity contribution in [3.63, 3.8) is 0 Å². The van der Waals surface area contributed by atoms with Gasteiger partial charge >= 0.3 is 0 Å². The molecule has 1 saturated carbocycles. The maximum absolute atomic E-state index is 5.83. The van der Waals surface area contributed by atoms with Gasteiger partial charge in [0.2, 0.25) is 0 Å². The lowest BCUT2D eigenvalue weighted by atomic mass is 9.92. The minimum absolute atomic E-state index is 0.437. The van der Waals surface area contributed by atoms with E-state index in [1.165, 1.54) is 38.6 Å². The fourth-order valence-corrected chi connectivity index (χ4v) is 3.88. The van der Waals surface area contributed by atoms with Crippen LogP contribution in [0.4, 0.5) is 0 Å². The minimum Gasteiger partial charge on any atom is -0.466 e. The van der Waals surface area contributed by atoms with Crippen molar-refractivity contribution in [2.75, 3.05) is 20.1 Å². The zero-order valence-corrected chi connectivity index (χ0v) is 13.2. The van der Waals surface area contributed by atoms with Gasteiger partial charge in [0.25, 0.3) is 0 Å². The van der Waals surface area contributed by atoms with E-state index in [-0.39, 0.29) is 0 Å². The molecule has 1 aromatic rings. The lowest BCUT2D eigenvalue weighted by molar-refractivity contribution is 0.124. The molecule has 1 aliphatic carbocycles. The molecule has 2 fully saturated rings. The predicted molar refractivity (Wildman–Crippen MR) is 80.1 cm³/mol. The average molecular weight is 327 g/mol. The van der Waals surface area contributed by atoms with Crippen molar-refractivity contribution >= 4 is 15.9 Å². The molecule has 1 saturated heterocycles. The van der Waals surface area contributed by atoms with Crippen LogP contribution in [0.3, 0.4) is 0 Å². The third kappa shape index (κ3) is 2.91. The number of nitrogens with one attached hydrogen (secondary N) is 1. The van der Waals surface area contributed by atoms with Gasteiger partial charge in [-0.15, -0.1) is 0 Å². The van der Waals surface area contributed by atoms with Gasteiger partial charge in [-0.05, 0) is 73.7 Å². The quantitative estimate of drug-likeness (QED) is 0.916. The number of hydrogen-bond acceptors (Lipinski definition) is 3. The van der Waals surface area contributed by atoms with Crippen molar-refractivity contribution in [1.29, 1.82) is 0 Å². The number of halogens is 1. The minimum atomic E-state index is 0.437. The maximum Gasteiger partial charge on any atom is 0.135 e. The van der Waals surface area contributed by atoms with E-state index in [0.29, 0.717) is 12.0 Å². The zero-order chi connectivity index (χ0) is 13.2. The fraction of sp³-hybridized carbons (Fsp3) is 0.733. The Morgan fingerprint density at radius 3 is 2.84 bits per heavy atom. The van der Waals surface area contributed by atoms with Gasteiger partial charge in [-0.2, -0.15) is 0 Å².